The molecule has 0 heterocycles. The SMILES string of the molecule is O=C1C=C(CO)C(O)=C(O)C1O. The highest BCUT2D eigenvalue weighted by Crippen LogP contribution is 2.19. The molecule has 0 bridgehead atoms. The lowest BCUT2D eigenvalue weighted by atomic mass is 10.0. The summed E-state index contributed by atoms with van der Waals surface area (Å²) >= 11 is 0. The molecule has 1 unspecified atom stereocenters. The first-order valence-electron chi connectivity index (χ1n) is 3.23. The highest BCUT2D eigenvalue weighted by Gasteiger charge is 2.28. The molecule has 0 fully saturated rings. The minimum absolute atomic E-state index is 0.0946. The van der Waals surface area contributed by atoms with Crippen LogP contribution in [-0.2, 0) is 4.79 Å². The third-order valence-electron chi connectivity index (χ3n) is 1.56. The zero-order valence-electron chi connectivity index (χ0n) is 6.06. The van der Waals surface area contributed by atoms with Crippen molar-refractivity contribution in [2.75, 3.05) is 6.61 Å². The summed E-state index contributed by atoms with van der Waals surface area (Å²) < 4.78 is 0. The van der Waals surface area contributed by atoms with Crippen LogP contribution in [0.1, 0.15) is 0 Å². The quantitative estimate of drug-likeness (QED) is 0.414. The van der Waals surface area contributed by atoms with Crippen molar-refractivity contribution in [3.63, 3.8) is 0 Å². The zero-order valence-corrected chi connectivity index (χ0v) is 6.06. The van der Waals surface area contributed by atoms with Gasteiger partial charge in [-0.25, -0.2) is 0 Å². The maximum atomic E-state index is 10.8. The molecule has 0 aliphatic heterocycles. The minimum Gasteiger partial charge on any atom is -0.506 e. The van der Waals surface area contributed by atoms with E-state index >= 15 is 0 Å². The van der Waals surface area contributed by atoms with Gasteiger partial charge < -0.3 is 20.4 Å². The van der Waals surface area contributed by atoms with Crippen molar-refractivity contribution in [1.29, 1.82) is 0 Å². The Morgan fingerprint density at radius 1 is 1.42 bits per heavy atom. The van der Waals surface area contributed by atoms with Crippen LogP contribution >= 0.6 is 0 Å². The van der Waals surface area contributed by atoms with Gasteiger partial charge in [-0.2, -0.15) is 0 Å². The highest BCUT2D eigenvalue weighted by molar-refractivity contribution is 5.98. The maximum Gasteiger partial charge on any atom is 0.192 e. The van der Waals surface area contributed by atoms with Crippen LogP contribution in [0.5, 0.6) is 0 Å². The van der Waals surface area contributed by atoms with E-state index in [0.29, 0.717) is 0 Å². The van der Waals surface area contributed by atoms with Crippen molar-refractivity contribution >= 4 is 5.78 Å². The van der Waals surface area contributed by atoms with Gasteiger partial charge >= 0.3 is 0 Å². The van der Waals surface area contributed by atoms with E-state index in [4.69, 9.17) is 20.4 Å². The van der Waals surface area contributed by atoms with E-state index in [1.807, 2.05) is 0 Å². The first kappa shape index (κ1) is 8.76. The predicted molar refractivity (Wildman–Crippen MR) is 38.5 cm³/mol. The van der Waals surface area contributed by atoms with Gasteiger partial charge in [-0.05, 0) is 6.08 Å². The van der Waals surface area contributed by atoms with Crippen LogP contribution in [0.4, 0.5) is 0 Å². The van der Waals surface area contributed by atoms with Crippen LogP contribution in [-0.4, -0.2) is 38.9 Å². The smallest absolute Gasteiger partial charge is 0.192 e. The van der Waals surface area contributed by atoms with E-state index in [-0.39, 0.29) is 5.57 Å². The van der Waals surface area contributed by atoms with Crippen molar-refractivity contribution in [1.82, 2.24) is 0 Å². The van der Waals surface area contributed by atoms with Crippen LogP contribution in [0.15, 0.2) is 23.2 Å². The van der Waals surface area contributed by atoms with Crippen LogP contribution in [0.3, 0.4) is 0 Å². The van der Waals surface area contributed by atoms with E-state index < -0.39 is 30.0 Å². The van der Waals surface area contributed by atoms with E-state index in [2.05, 4.69) is 0 Å². The van der Waals surface area contributed by atoms with E-state index in [1.165, 1.54) is 0 Å². The van der Waals surface area contributed by atoms with Crippen LogP contribution < -0.4 is 0 Å². The molecule has 0 aromatic carbocycles. The second-order valence-electron chi connectivity index (χ2n) is 2.37. The van der Waals surface area contributed by atoms with E-state index in [9.17, 15) is 4.79 Å². The Morgan fingerprint density at radius 2 is 2.00 bits per heavy atom. The van der Waals surface area contributed by atoms with Gasteiger partial charge in [0.2, 0.25) is 0 Å². The number of hydrogen-bond donors (Lipinski definition) is 4. The largest absolute Gasteiger partial charge is 0.506 e. The van der Waals surface area contributed by atoms with Crippen LogP contribution in [0.2, 0.25) is 0 Å². The Kier molecular flexibility index (Phi) is 2.16. The lowest BCUT2D eigenvalue weighted by Crippen LogP contribution is -2.27. The van der Waals surface area contributed by atoms with Crippen LogP contribution in [0, 0.1) is 0 Å². The molecule has 1 aliphatic carbocycles. The fraction of sp³-hybridized carbons (Fsp3) is 0.286. The summed E-state index contributed by atoms with van der Waals surface area (Å²) in [5.41, 5.74) is -0.0946. The fourth-order valence-electron chi connectivity index (χ4n) is 0.868. The second kappa shape index (κ2) is 2.96. The zero-order chi connectivity index (χ0) is 9.30. The monoisotopic (exact) mass is 172 g/mol. The molecular formula is C7H8O5. The van der Waals surface area contributed by atoms with Gasteiger partial charge in [0.1, 0.15) is 0 Å². The number of hydrogen-bond acceptors (Lipinski definition) is 5. The molecule has 1 rings (SSSR count). The topological polar surface area (TPSA) is 98.0 Å². The van der Waals surface area contributed by atoms with Crippen molar-refractivity contribution in [2.45, 2.75) is 6.10 Å². The molecule has 0 saturated carbocycles. The van der Waals surface area contributed by atoms with Crippen molar-refractivity contribution in [3.8, 4) is 0 Å². The molecular weight excluding hydrogens is 164 g/mol. The summed E-state index contributed by atoms with van der Waals surface area (Å²) in [6.07, 6.45) is -0.819. The molecule has 4 N–H and O–H groups in total. The molecule has 0 aromatic rings. The third-order valence-corrected chi connectivity index (χ3v) is 1.56. The fourth-order valence-corrected chi connectivity index (χ4v) is 0.868. The lowest BCUT2D eigenvalue weighted by Gasteiger charge is -2.15. The predicted octanol–water partition coefficient (Wildman–Crippen LogP) is -0.824. The van der Waals surface area contributed by atoms with Crippen molar-refractivity contribution < 1.29 is 25.2 Å². The summed E-state index contributed by atoms with van der Waals surface area (Å²) in [5, 5.41) is 35.4. The molecule has 12 heavy (non-hydrogen) atoms. The van der Waals surface area contributed by atoms with E-state index in [0.717, 1.165) is 6.08 Å². The molecule has 66 valence electrons. The Balaban J connectivity index is 3.09. The normalized spacial score (nSPS) is 24.3. The highest BCUT2D eigenvalue weighted by atomic mass is 16.3. The molecule has 1 aliphatic rings. The molecule has 0 radical (unpaired) electrons. The number of aliphatic hydroxyl groups excluding tert-OH is 4. The second-order valence-corrected chi connectivity index (χ2v) is 2.37. The van der Waals surface area contributed by atoms with Gasteiger partial charge in [0.25, 0.3) is 0 Å². The Hall–Kier alpha value is -1.33. The Bertz CT molecular complexity index is 273. The van der Waals surface area contributed by atoms with Gasteiger partial charge in [-0.1, -0.05) is 0 Å². The molecule has 5 nitrogen and oxygen atoms in total. The summed E-state index contributed by atoms with van der Waals surface area (Å²) in [4.78, 5) is 10.8. The Morgan fingerprint density at radius 3 is 2.50 bits per heavy atom. The first-order chi connectivity index (χ1) is 5.57. The summed E-state index contributed by atoms with van der Waals surface area (Å²) in [5.74, 6) is -2.20. The number of carbonyl (C=O) groups is 1. The number of rotatable bonds is 1. The lowest BCUT2D eigenvalue weighted by molar-refractivity contribution is -0.122. The molecule has 0 aromatic heterocycles. The van der Waals surface area contributed by atoms with E-state index in [1.54, 1.807) is 0 Å². The average molecular weight is 172 g/mol. The molecule has 5 heteroatoms. The van der Waals surface area contributed by atoms with Gasteiger partial charge in [-0.15, -0.1) is 0 Å². The molecule has 1 atom stereocenters. The van der Waals surface area contributed by atoms with Gasteiger partial charge in [0.15, 0.2) is 23.4 Å². The standard InChI is InChI=1S/C7H8O5/c8-2-3-1-4(9)6(11)7(12)5(3)10/h1,6,8,10-12H,2H2. The van der Waals surface area contributed by atoms with Gasteiger partial charge in [0, 0.05) is 5.57 Å². The minimum atomic E-state index is -1.71. The number of ketones is 1. The van der Waals surface area contributed by atoms with Crippen molar-refractivity contribution in [2.24, 2.45) is 0 Å². The van der Waals surface area contributed by atoms with Crippen molar-refractivity contribution in [3.05, 3.63) is 23.2 Å². The first-order valence-corrected chi connectivity index (χ1v) is 3.23. The average Bonchev–Trinajstić information content (AvgIpc) is 2.08. The molecule has 0 saturated heterocycles. The van der Waals surface area contributed by atoms with Crippen LogP contribution in [0.25, 0.3) is 0 Å². The van der Waals surface area contributed by atoms with Gasteiger partial charge in [0.05, 0.1) is 6.61 Å². The van der Waals surface area contributed by atoms with Gasteiger partial charge in [-0.3, -0.25) is 4.79 Å². The number of aliphatic hydroxyl groups is 4. The summed E-state index contributed by atoms with van der Waals surface area (Å²) in [6, 6.07) is 0. The summed E-state index contributed by atoms with van der Waals surface area (Å²) in [6.45, 7) is -0.561. The number of carbonyl (C=O) groups excluding carboxylic acids is 1. The third kappa shape index (κ3) is 1.19. The molecule has 0 amide bonds. The summed E-state index contributed by atoms with van der Waals surface area (Å²) in [7, 11) is 0. The maximum absolute atomic E-state index is 10.8. The Labute approximate surface area is 67.9 Å². The molecule has 0 spiro atoms.